The van der Waals surface area contributed by atoms with E-state index in [4.69, 9.17) is 5.11 Å². The van der Waals surface area contributed by atoms with Crippen LogP contribution in [0.3, 0.4) is 0 Å². The molecule has 0 unspecified atom stereocenters. The van der Waals surface area contributed by atoms with Crippen molar-refractivity contribution in [2.45, 2.75) is 31.5 Å². The Morgan fingerprint density at radius 2 is 1.41 bits per heavy atom. The molecule has 4 heteroatoms. The van der Waals surface area contributed by atoms with E-state index < -0.39 is 18.9 Å². The molecular formula is C18H23O3P. The fourth-order valence-electron chi connectivity index (χ4n) is 2.70. The molecule has 0 saturated carbocycles. The maximum atomic E-state index is 13.9. The summed E-state index contributed by atoms with van der Waals surface area (Å²) in [6.07, 6.45) is 0.245. The third-order valence-electron chi connectivity index (χ3n) is 4.07. The van der Waals surface area contributed by atoms with Gasteiger partial charge in [-0.1, -0.05) is 67.6 Å². The largest absolute Gasteiger partial charge is 0.396 e. The van der Waals surface area contributed by atoms with Crippen LogP contribution in [0.1, 0.15) is 19.8 Å². The molecule has 2 atom stereocenters. The molecule has 0 aromatic heterocycles. The van der Waals surface area contributed by atoms with E-state index in [-0.39, 0.29) is 6.61 Å². The Morgan fingerprint density at radius 3 is 1.82 bits per heavy atom. The summed E-state index contributed by atoms with van der Waals surface area (Å²) in [4.78, 5) is 0. The van der Waals surface area contributed by atoms with Gasteiger partial charge < -0.3 is 14.8 Å². The van der Waals surface area contributed by atoms with E-state index >= 15 is 0 Å². The zero-order valence-electron chi connectivity index (χ0n) is 12.8. The van der Waals surface area contributed by atoms with Crippen LogP contribution in [0.5, 0.6) is 0 Å². The van der Waals surface area contributed by atoms with Crippen LogP contribution in [-0.2, 0) is 4.57 Å². The zero-order chi connectivity index (χ0) is 16.0. The third-order valence-corrected chi connectivity index (χ3v) is 7.69. The standard InChI is InChI=1S/C18H23O3P/c1-15(18(20)13-8-14-19)22(21,16-9-4-2-5-10-16)17-11-6-3-7-12-17/h2-7,9-12,15,18-20H,8,13-14H2,1H3/t15-,18-/m0/s1. The molecule has 2 aromatic carbocycles. The predicted molar refractivity (Wildman–Crippen MR) is 91.5 cm³/mol. The Kier molecular flexibility index (Phi) is 5.96. The van der Waals surface area contributed by atoms with Crippen LogP contribution >= 0.6 is 7.14 Å². The molecule has 0 fully saturated rings. The van der Waals surface area contributed by atoms with E-state index in [2.05, 4.69) is 0 Å². The fourth-order valence-corrected chi connectivity index (χ4v) is 5.80. The molecule has 2 N–H and O–H groups in total. The van der Waals surface area contributed by atoms with Crippen molar-refractivity contribution in [3.05, 3.63) is 60.7 Å². The molecule has 118 valence electrons. The Balaban J connectivity index is 2.45. The monoisotopic (exact) mass is 318 g/mol. The minimum absolute atomic E-state index is 0.0325. The maximum Gasteiger partial charge on any atom is 0.148 e. The average Bonchev–Trinajstić information content (AvgIpc) is 2.59. The lowest BCUT2D eigenvalue weighted by Crippen LogP contribution is -2.32. The van der Waals surface area contributed by atoms with Gasteiger partial charge in [-0.25, -0.2) is 0 Å². The Hall–Kier alpha value is -1.41. The molecule has 0 saturated heterocycles. The van der Waals surface area contributed by atoms with Crippen LogP contribution in [0.25, 0.3) is 0 Å². The van der Waals surface area contributed by atoms with Crippen molar-refractivity contribution >= 4 is 17.8 Å². The van der Waals surface area contributed by atoms with Crippen molar-refractivity contribution in [2.75, 3.05) is 6.61 Å². The molecule has 0 aliphatic rings. The van der Waals surface area contributed by atoms with Crippen LogP contribution in [0.4, 0.5) is 0 Å². The van der Waals surface area contributed by atoms with Crippen LogP contribution < -0.4 is 10.6 Å². The lowest BCUT2D eigenvalue weighted by Gasteiger charge is -2.29. The number of benzene rings is 2. The third kappa shape index (κ3) is 3.49. The second-order valence-corrected chi connectivity index (χ2v) is 8.67. The van der Waals surface area contributed by atoms with Crippen LogP contribution in [-0.4, -0.2) is 28.6 Å². The van der Waals surface area contributed by atoms with Gasteiger partial charge in [0.1, 0.15) is 7.14 Å². The molecule has 0 spiro atoms. The second-order valence-electron chi connectivity index (χ2n) is 5.50. The Bertz CT molecular complexity index is 569. The molecule has 22 heavy (non-hydrogen) atoms. The fraction of sp³-hybridized carbons (Fsp3) is 0.333. The van der Waals surface area contributed by atoms with Gasteiger partial charge in [-0.2, -0.15) is 0 Å². The van der Waals surface area contributed by atoms with Crippen LogP contribution in [0.2, 0.25) is 0 Å². The number of hydrogen-bond donors (Lipinski definition) is 2. The summed E-state index contributed by atoms with van der Waals surface area (Å²) in [7, 11) is -2.94. The van der Waals surface area contributed by atoms with E-state index in [1.807, 2.05) is 67.6 Å². The molecule has 2 aromatic rings. The van der Waals surface area contributed by atoms with Gasteiger partial charge in [0.05, 0.1) is 6.10 Å². The molecule has 0 amide bonds. The first kappa shape index (κ1) is 17.0. The molecular weight excluding hydrogens is 295 g/mol. The highest BCUT2D eigenvalue weighted by Crippen LogP contribution is 2.50. The van der Waals surface area contributed by atoms with Gasteiger partial charge in [-0.3, -0.25) is 0 Å². The van der Waals surface area contributed by atoms with Crippen molar-refractivity contribution in [3.63, 3.8) is 0 Å². The van der Waals surface area contributed by atoms with Gasteiger partial charge in [0.15, 0.2) is 0 Å². The topological polar surface area (TPSA) is 57.5 Å². The number of rotatable bonds is 7. The highest BCUT2D eigenvalue weighted by Gasteiger charge is 2.37. The lowest BCUT2D eigenvalue weighted by atomic mass is 10.1. The van der Waals surface area contributed by atoms with Crippen LogP contribution in [0, 0.1) is 0 Å². The lowest BCUT2D eigenvalue weighted by molar-refractivity contribution is 0.148. The summed E-state index contributed by atoms with van der Waals surface area (Å²) >= 11 is 0. The second kappa shape index (κ2) is 7.73. The number of aliphatic hydroxyl groups is 2. The van der Waals surface area contributed by atoms with Crippen molar-refractivity contribution in [1.29, 1.82) is 0 Å². The van der Waals surface area contributed by atoms with Crippen molar-refractivity contribution in [1.82, 2.24) is 0 Å². The first-order valence-corrected chi connectivity index (χ1v) is 9.38. The van der Waals surface area contributed by atoms with Gasteiger partial charge in [-0.05, 0) is 12.8 Å². The van der Waals surface area contributed by atoms with E-state index in [1.54, 1.807) is 0 Å². The first-order chi connectivity index (χ1) is 10.6. The van der Waals surface area contributed by atoms with Gasteiger partial charge >= 0.3 is 0 Å². The minimum Gasteiger partial charge on any atom is -0.396 e. The molecule has 0 heterocycles. The molecule has 3 nitrogen and oxygen atoms in total. The highest BCUT2D eigenvalue weighted by molar-refractivity contribution is 7.79. The van der Waals surface area contributed by atoms with Crippen molar-refractivity contribution in [3.8, 4) is 0 Å². The number of aliphatic hydroxyl groups excluding tert-OH is 2. The van der Waals surface area contributed by atoms with E-state index in [1.165, 1.54) is 0 Å². The normalized spacial score (nSPS) is 14.5. The SMILES string of the molecule is C[C@@H]([C@@H](O)CCCO)P(=O)(c1ccccc1)c1ccccc1. The summed E-state index contributed by atoms with van der Waals surface area (Å²) in [6.45, 7) is 1.87. The van der Waals surface area contributed by atoms with Crippen molar-refractivity contribution in [2.24, 2.45) is 0 Å². The van der Waals surface area contributed by atoms with E-state index in [0.717, 1.165) is 10.6 Å². The maximum absolute atomic E-state index is 13.9. The van der Waals surface area contributed by atoms with Crippen LogP contribution in [0.15, 0.2) is 60.7 Å². The summed E-state index contributed by atoms with van der Waals surface area (Å²) in [6, 6.07) is 18.7. The van der Waals surface area contributed by atoms with Crippen molar-refractivity contribution < 1.29 is 14.8 Å². The molecule has 2 rings (SSSR count). The Morgan fingerprint density at radius 1 is 0.955 bits per heavy atom. The van der Waals surface area contributed by atoms with Gasteiger partial charge in [0.2, 0.25) is 0 Å². The summed E-state index contributed by atoms with van der Waals surface area (Å²) in [5.74, 6) is 0. The molecule has 0 aliphatic heterocycles. The quantitative estimate of drug-likeness (QED) is 0.771. The molecule has 0 bridgehead atoms. The smallest absolute Gasteiger partial charge is 0.148 e. The van der Waals surface area contributed by atoms with E-state index in [9.17, 15) is 9.67 Å². The first-order valence-electron chi connectivity index (χ1n) is 7.60. The predicted octanol–water partition coefficient (Wildman–Crippen LogP) is 2.52. The minimum atomic E-state index is -2.94. The van der Waals surface area contributed by atoms with Gasteiger partial charge in [-0.15, -0.1) is 0 Å². The molecule has 0 radical (unpaired) electrons. The highest BCUT2D eigenvalue weighted by atomic mass is 31.2. The summed E-state index contributed by atoms with van der Waals surface area (Å²) < 4.78 is 13.9. The van der Waals surface area contributed by atoms with Gasteiger partial charge in [0, 0.05) is 22.9 Å². The average molecular weight is 318 g/mol. The summed E-state index contributed by atoms with van der Waals surface area (Å²) in [5, 5.41) is 20.9. The molecule has 0 aliphatic carbocycles. The van der Waals surface area contributed by atoms with E-state index in [0.29, 0.717) is 12.8 Å². The Labute approximate surface area is 132 Å². The van der Waals surface area contributed by atoms with Gasteiger partial charge in [0.25, 0.3) is 0 Å². The summed E-state index contributed by atoms with van der Waals surface area (Å²) in [5.41, 5.74) is -0.399. The number of hydrogen-bond acceptors (Lipinski definition) is 3. The zero-order valence-corrected chi connectivity index (χ0v) is 13.7.